The second-order valence-corrected chi connectivity index (χ2v) is 4.20. The van der Waals surface area contributed by atoms with Gasteiger partial charge in [0, 0.05) is 0 Å². The Labute approximate surface area is 113 Å². The number of halogens is 3. The molecule has 106 valence electrons. The van der Waals surface area contributed by atoms with Gasteiger partial charge < -0.3 is 16.3 Å². The van der Waals surface area contributed by atoms with Crippen LogP contribution in [0.3, 0.4) is 0 Å². The molecule has 1 unspecified atom stereocenters. The number of benzene rings is 1. The fourth-order valence-corrected chi connectivity index (χ4v) is 1.83. The Hall–Kier alpha value is -2.44. The molecule has 20 heavy (non-hydrogen) atoms. The molecule has 2 rings (SSSR count). The summed E-state index contributed by atoms with van der Waals surface area (Å²) in [5.74, 6) is -0.0705. The first-order chi connectivity index (χ1) is 9.41. The zero-order valence-corrected chi connectivity index (χ0v) is 10.2. The van der Waals surface area contributed by atoms with Crippen LogP contribution < -0.4 is 11.1 Å². The van der Waals surface area contributed by atoms with Gasteiger partial charge in [-0.05, 0) is 41.6 Å². The van der Waals surface area contributed by atoms with E-state index in [1.165, 1.54) is 12.3 Å². The Bertz CT molecular complexity index is 591. The molecule has 0 saturated carbocycles. The molecule has 0 amide bonds. The van der Waals surface area contributed by atoms with Crippen LogP contribution in [0, 0.1) is 0 Å². The van der Waals surface area contributed by atoms with E-state index in [-0.39, 0.29) is 5.84 Å². The van der Waals surface area contributed by atoms with Crippen molar-refractivity contribution in [2.45, 2.75) is 12.2 Å². The molecule has 1 aromatic rings. The summed E-state index contributed by atoms with van der Waals surface area (Å²) in [4.78, 5) is 0. The number of nitrogens with one attached hydrogen (secondary N) is 1. The van der Waals surface area contributed by atoms with Gasteiger partial charge in [0.05, 0.1) is 5.56 Å². The highest BCUT2D eigenvalue weighted by Crippen LogP contribution is 2.31. The Morgan fingerprint density at radius 1 is 1.35 bits per heavy atom. The minimum Gasteiger partial charge on any atom is -0.409 e. The first kappa shape index (κ1) is 14.0. The average molecular weight is 283 g/mol. The molecule has 1 heterocycles. The van der Waals surface area contributed by atoms with Crippen molar-refractivity contribution in [3.8, 4) is 0 Å². The van der Waals surface area contributed by atoms with E-state index >= 15 is 0 Å². The molecule has 7 heteroatoms. The Balaban J connectivity index is 2.36. The third-order valence-electron chi connectivity index (χ3n) is 2.84. The summed E-state index contributed by atoms with van der Waals surface area (Å²) in [5.41, 5.74) is 5.72. The second kappa shape index (κ2) is 5.28. The lowest BCUT2D eigenvalue weighted by Crippen LogP contribution is -2.38. The molecular formula is C13H12F3N3O. The van der Waals surface area contributed by atoms with Crippen molar-refractivity contribution >= 4 is 11.4 Å². The summed E-state index contributed by atoms with van der Waals surface area (Å²) in [6, 6.07) is 4.42. The summed E-state index contributed by atoms with van der Waals surface area (Å²) in [6.45, 7) is 0. The van der Waals surface area contributed by atoms with Crippen LogP contribution in [0.2, 0.25) is 0 Å². The Kier molecular flexibility index (Phi) is 3.69. The highest BCUT2D eigenvalue weighted by Gasteiger charge is 2.30. The highest BCUT2D eigenvalue weighted by atomic mass is 19.4. The van der Waals surface area contributed by atoms with E-state index in [1.54, 1.807) is 18.2 Å². The summed E-state index contributed by atoms with van der Waals surface area (Å²) >= 11 is 0. The molecule has 4 nitrogen and oxygen atoms in total. The lowest BCUT2D eigenvalue weighted by Gasteiger charge is -2.18. The molecule has 0 radical (unpaired) electrons. The quantitative estimate of drug-likeness (QED) is 0.337. The molecular weight excluding hydrogens is 271 g/mol. The van der Waals surface area contributed by atoms with Crippen LogP contribution in [0.15, 0.2) is 47.8 Å². The van der Waals surface area contributed by atoms with E-state index in [1.807, 2.05) is 0 Å². The lowest BCUT2D eigenvalue weighted by molar-refractivity contribution is -0.137. The fourth-order valence-electron chi connectivity index (χ4n) is 1.83. The number of allylic oxidation sites excluding steroid dienone is 2. The van der Waals surface area contributed by atoms with Gasteiger partial charge in [0.25, 0.3) is 0 Å². The van der Waals surface area contributed by atoms with E-state index in [2.05, 4.69) is 10.5 Å². The third kappa shape index (κ3) is 2.93. The Morgan fingerprint density at radius 3 is 2.75 bits per heavy atom. The van der Waals surface area contributed by atoms with Crippen LogP contribution in [0.4, 0.5) is 13.2 Å². The van der Waals surface area contributed by atoms with Crippen molar-refractivity contribution in [3.05, 3.63) is 53.7 Å². The minimum atomic E-state index is -4.39. The highest BCUT2D eigenvalue weighted by molar-refractivity contribution is 5.91. The largest absolute Gasteiger partial charge is 0.416 e. The number of nitrogens with zero attached hydrogens (tertiary/aromatic N) is 1. The van der Waals surface area contributed by atoms with Crippen LogP contribution in [0.25, 0.3) is 5.57 Å². The first-order valence-electron chi connectivity index (χ1n) is 5.71. The molecule has 1 atom stereocenters. The summed E-state index contributed by atoms with van der Waals surface area (Å²) in [6.07, 6.45) is 0.359. The molecule has 0 spiro atoms. The van der Waals surface area contributed by atoms with Crippen LogP contribution in [0.1, 0.15) is 11.1 Å². The molecule has 0 bridgehead atoms. The number of alkyl halides is 3. The van der Waals surface area contributed by atoms with Crippen molar-refractivity contribution in [2.24, 2.45) is 10.9 Å². The smallest absolute Gasteiger partial charge is 0.409 e. The summed E-state index contributed by atoms with van der Waals surface area (Å²) in [7, 11) is 0. The second-order valence-electron chi connectivity index (χ2n) is 4.20. The van der Waals surface area contributed by atoms with Gasteiger partial charge in [-0.3, -0.25) is 0 Å². The Morgan fingerprint density at radius 2 is 2.10 bits per heavy atom. The molecule has 0 aromatic heterocycles. The third-order valence-corrected chi connectivity index (χ3v) is 2.84. The topological polar surface area (TPSA) is 70.6 Å². The number of hydrogen-bond acceptors (Lipinski definition) is 3. The van der Waals surface area contributed by atoms with Crippen molar-refractivity contribution in [3.63, 3.8) is 0 Å². The molecule has 0 fully saturated rings. The minimum absolute atomic E-state index is 0.0705. The van der Waals surface area contributed by atoms with Crippen LogP contribution in [-0.2, 0) is 6.18 Å². The van der Waals surface area contributed by atoms with Gasteiger partial charge in [0.1, 0.15) is 6.04 Å². The zero-order chi connectivity index (χ0) is 14.8. The van der Waals surface area contributed by atoms with Gasteiger partial charge >= 0.3 is 6.18 Å². The van der Waals surface area contributed by atoms with Crippen molar-refractivity contribution in [2.75, 3.05) is 0 Å². The molecule has 0 saturated heterocycles. The van der Waals surface area contributed by atoms with E-state index < -0.39 is 17.8 Å². The van der Waals surface area contributed by atoms with Gasteiger partial charge in [0.2, 0.25) is 0 Å². The number of hydrogen-bond donors (Lipinski definition) is 3. The standard InChI is InChI=1S/C13H12F3N3O/c14-13(15,16)10-3-1-2-8(6-10)9-4-5-18-11(7-9)12(17)19-20/h1-7,11,18,20H,(H2,17,19). The fraction of sp³-hybridized carbons (Fsp3) is 0.154. The SMILES string of the molecule is N/C(=N\O)C1C=C(c2cccc(C(F)(F)F)c2)C=CN1. The van der Waals surface area contributed by atoms with Gasteiger partial charge in [-0.15, -0.1) is 0 Å². The van der Waals surface area contributed by atoms with Gasteiger partial charge in [0.15, 0.2) is 5.84 Å². The van der Waals surface area contributed by atoms with E-state index in [0.717, 1.165) is 12.1 Å². The molecule has 0 aliphatic carbocycles. The molecule has 1 aliphatic rings. The van der Waals surface area contributed by atoms with E-state index in [0.29, 0.717) is 11.1 Å². The maximum absolute atomic E-state index is 12.7. The summed E-state index contributed by atoms with van der Waals surface area (Å²) < 4.78 is 38.0. The number of amidine groups is 1. The normalized spacial score (nSPS) is 19.4. The maximum Gasteiger partial charge on any atom is 0.416 e. The van der Waals surface area contributed by atoms with Gasteiger partial charge in [-0.25, -0.2) is 0 Å². The van der Waals surface area contributed by atoms with Crippen molar-refractivity contribution in [1.82, 2.24) is 5.32 Å². The number of oxime groups is 1. The van der Waals surface area contributed by atoms with Crippen LogP contribution in [0.5, 0.6) is 0 Å². The monoisotopic (exact) mass is 283 g/mol. The zero-order valence-electron chi connectivity index (χ0n) is 10.2. The van der Waals surface area contributed by atoms with Crippen molar-refractivity contribution < 1.29 is 18.4 Å². The predicted molar refractivity (Wildman–Crippen MR) is 68.9 cm³/mol. The molecule has 4 N–H and O–H groups in total. The first-order valence-corrected chi connectivity index (χ1v) is 5.71. The lowest BCUT2D eigenvalue weighted by atomic mass is 9.99. The van der Waals surface area contributed by atoms with Crippen LogP contribution in [-0.4, -0.2) is 17.1 Å². The number of dihydropyridines is 1. The van der Waals surface area contributed by atoms with Crippen molar-refractivity contribution in [1.29, 1.82) is 0 Å². The van der Waals surface area contributed by atoms with Gasteiger partial charge in [-0.2, -0.15) is 13.2 Å². The van der Waals surface area contributed by atoms with E-state index in [4.69, 9.17) is 10.9 Å². The van der Waals surface area contributed by atoms with E-state index in [9.17, 15) is 13.2 Å². The molecule has 1 aliphatic heterocycles. The van der Waals surface area contributed by atoms with Gasteiger partial charge in [-0.1, -0.05) is 17.3 Å². The maximum atomic E-state index is 12.7. The average Bonchev–Trinajstić information content (AvgIpc) is 2.46. The summed E-state index contributed by atoms with van der Waals surface area (Å²) in [5, 5.41) is 14.3. The van der Waals surface area contributed by atoms with Crippen LogP contribution >= 0.6 is 0 Å². The predicted octanol–water partition coefficient (Wildman–Crippen LogP) is 2.32. The number of rotatable bonds is 2. The number of nitrogens with two attached hydrogens (primary N) is 1. The molecule has 1 aromatic carbocycles.